The lowest BCUT2D eigenvalue weighted by Gasteiger charge is -2.17. The summed E-state index contributed by atoms with van der Waals surface area (Å²) in [6, 6.07) is 7.09. The lowest BCUT2D eigenvalue weighted by Crippen LogP contribution is -2.44. The molecule has 13 heteroatoms. The fraction of sp³-hybridized carbons (Fsp3) is 0.250. The van der Waals surface area contributed by atoms with Crippen molar-refractivity contribution in [2.45, 2.75) is 31.0 Å². The molecule has 0 aliphatic heterocycles. The summed E-state index contributed by atoms with van der Waals surface area (Å²) in [5.41, 5.74) is 0.774. The van der Waals surface area contributed by atoms with Gasteiger partial charge in [0.2, 0.25) is 15.8 Å². The Morgan fingerprint density at radius 2 is 1.82 bits per heavy atom. The summed E-state index contributed by atoms with van der Waals surface area (Å²) in [6.45, 7) is 3.14. The maximum Gasteiger partial charge on any atom is 0.471 e. The number of carboxylic acids is 1. The van der Waals surface area contributed by atoms with Gasteiger partial charge in [0.1, 0.15) is 17.2 Å². The molecule has 1 atom stereocenters. The number of hydrogen-bond acceptors (Lipinski definition) is 7. The molecule has 0 unspecified atom stereocenters. The quantitative estimate of drug-likeness (QED) is 0.419. The van der Waals surface area contributed by atoms with E-state index in [4.69, 9.17) is 4.42 Å². The summed E-state index contributed by atoms with van der Waals surface area (Å²) in [5, 5.41) is 13.6. The van der Waals surface area contributed by atoms with Gasteiger partial charge in [-0.3, -0.25) is 4.79 Å². The second-order valence-corrected chi connectivity index (χ2v) is 9.29. The monoisotopic (exact) mass is 483 g/mol. The number of fused-ring (bicyclic) bond motifs is 3. The minimum Gasteiger partial charge on any atom is -0.480 e. The Labute approximate surface area is 184 Å². The van der Waals surface area contributed by atoms with Crippen LogP contribution in [-0.2, 0) is 21.0 Å². The summed E-state index contributed by atoms with van der Waals surface area (Å²) in [5.74, 6) is -3.54. The zero-order valence-corrected chi connectivity index (χ0v) is 17.9. The molecule has 0 saturated carbocycles. The summed E-state index contributed by atoms with van der Waals surface area (Å²) in [6.07, 6.45) is -4.77. The van der Waals surface area contributed by atoms with Gasteiger partial charge in [-0.05, 0) is 36.2 Å². The van der Waals surface area contributed by atoms with Crippen LogP contribution < -0.4 is 4.72 Å². The van der Waals surface area contributed by atoms with Crippen molar-refractivity contribution in [3.8, 4) is 11.4 Å². The highest BCUT2D eigenvalue weighted by Crippen LogP contribution is 2.34. The number of aliphatic carboxylic acids is 1. The van der Waals surface area contributed by atoms with Crippen molar-refractivity contribution in [1.29, 1.82) is 0 Å². The molecule has 4 aromatic rings. The Hall–Kier alpha value is -3.45. The molecule has 33 heavy (non-hydrogen) atoms. The first-order valence-electron chi connectivity index (χ1n) is 9.49. The second-order valence-electron chi connectivity index (χ2n) is 7.57. The zero-order chi connectivity index (χ0) is 24.1. The van der Waals surface area contributed by atoms with E-state index in [9.17, 15) is 31.5 Å². The standard InChI is InChI=1S/C20H16F3N3O6S/c1-9(2)16(18(27)28)26-33(29,30)11-4-5-12-13-7-10(3-6-14(13)31-15(12)8-11)17-24-19(32-25-17)20(21,22)23/h3-9,16,26H,1-2H3,(H,27,28)/t16-/m1/s1. The topological polar surface area (TPSA) is 136 Å². The molecule has 0 amide bonds. The number of aromatic nitrogens is 2. The average molecular weight is 483 g/mol. The van der Waals surface area contributed by atoms with Gasteiger partial charge in [-0.25, -0.2) is 8.42 Å². The smallest absolute Gasteiger partial charge is 0.471 e. The largest absolute Gasteiger partial charge is 0.480 e. The number of nitrogens with one attached hydrogen (secondary N) is 1. The van der Waals surface area contributed by atoms with Gasteiger partial charge in [-0.1, -0.05) is 19.0 Å². The van der Waals surface area contributed by atoms with Crippen molar-refractivity contribution in [3.63, 3.8) is 0 Å². The zero-order valence-electron chi connectivity index (χ0n) is 17.0. The molecule has 2 aromatic heterocycles. The van der Waals surface area contributed by atoms with Crippen LogP contribution in [0.5, 0.6) is 0 Å². The van der Waals surface area contributed by atoms with E-state index < -0.39 is 40.0 Å². The van der Waals surface area contributed by atoms with Crippen LogP contribution in [-0.4, -0.2) is 35.7 Å². The number of halogens is 3. The molecular weight excluding hydrogens is 467 g/mol. The number of sulfonamides is 1. The van der Waals surface area contributed by atoms with Crippen molar-refractivity contribution in [3.05, 3.63) is 42.3 Å². The maximum atomic E-state index is 12.7. The minimum atomic E-state index is -4.77. The number of hydrogen-bond donors (Lipinski definition) is 2. The Morgan fingerprint density at radius 3 is 2.42 bits per heavy atom. The Kier molecular flexibility index (Phi) is 5.41. The predicted octanol–water partition coefficient (Wildman–Crippen LogP) is 4.04. The first kappa shape index (κ1) is 22.7. The van der Waals surface area contributed by atoms with Crippen LogP contribution in [0.2, 0.25) is 0 Å². The number of benzene rings is 2. The van der Waals surface area contributed by atoms with Crippen molar-refractivity contribution >= 4 is 37.9 Å². The van der Waals surface area contributed by atoms with E-state index >= 15 is 0 Å². The third-order valence-corrected chi connectivity index (χ3v) is 6.33. The summed E-state index contributed by atoms with van der Waals surface area (Å²) in [4.78, 5) is 14.5. The van der Waals surface area contributed by atoms with E-state index in [2.05, 4.69) is 19.4 Å². The third kappa shape index (κ3) is 4.28. The molecule has 0 aliphatic carbocycles. The van der Waals surface area contributed by atoms with Gasteiger partial charge in [0, 0.05) is 22.4 Å². The lowest BCUT2D eigenvalue weighted by atomic mass is 10.1. The highest BCUT2D eigenvalue weighted by Gasteiger charge is 2.38. The minimum absolute atomic E-state index is 0.186. The van der Waals surface area contributed by atoms with Gasteiger partial charge in [0.25, 0.3) is 0 Å². The third-order valence-electron chi connectivity index (χ3n) is 4.89. The Balaban J connectivity index is 1.73. The van der Waals surface area contributed by atoms with Gasteiger partial charge < -0.3 is 14.0 Å². The fourth-order valence-corrected chi connectivity index (χ4v) is 4.58. The second kappa shape index (κ2) is 7.85. The Bertz CT molecular complexity index is 1470. The number of furan rings is 1. The van der Waals surface area contributed by atoms with Crippen LogP contribution in [0.1, 0.15) is 19.7 Å². The number of rotatable bonds is 6. The van der Waals surface area contributed by atoms with E-state index in [1.807, 2.05) is 0 Å². The van der Waals surface area contributed by atoms with E-state index in [-0.39, 0.29) is 21.9 Å². The van der Waals surface area contributed by atoms with Crippen LogP contribution in [0.4, 0.5) is 13.2 Å². The molecule has 174 valence electrons. The average Bonchev–Trinajstić information content (AvgIpc) is 3.35. The summed E-state index contributed by atoms with van der Waals surface area (Å²) < 4.78 is 75.7. The summed E-state index contributed by atoms with van der Waals surface area (Å²) >= 11 is 0. The van der Waals surface area contributed by atoms with Gasteiger partial charge >= 0.3 is 18.0 Å². The number of nitrogens with zero attached hydrogens (tertiary/aromatic N) is 2. The normalized spacial score (nSPS) is 13.8. The highest BCUT2D eigenvalue weighted by molar-refractivity contribution is 7.89. The highest BCUT2D eigenvalue weighted by atomic mass is 32.2. The molecule has 0 saturated heterocycles. The van der Waals surface area contributed by atoms with Gasteiger partial charge in [0.05, 0.1) is 4.90 Å². The maximum absolute atomic E-state index is 12.7. The van der Waals surface area contributed by atoms with Crippen molar-refractivity contribution < 1.29 is 40.4 Å². The van der Waals surface area contributed by atoms with Gasteiger partial charge in [-0.15, -0.1) is 0 Å². The van der Waals surface area contributed by atoms with Crippen molar-refractivity contribution in [1.82, 2.24) is 14.9 Å². The number of carbonyl (C=O) groups is 1. The van der Waals surface area contributed by atoms with Crippen molar-refractivity contribution in [2.75, 3.05) is 0 Å². The van der Waals surface area contributed by atoms with Crippen LogP contribution in [0.3, 0.4) is 0 Å². The van der Waals surface area contributed by atoms with Gasteiger partial charge in [0.15, 0.2) is 0 Å². The molecule has 2 aromatic carbocycles. The van der Waals surface area contributed by atoms with Crippen LogP contribution >= 0.6 is 0 Å². The van der Waals surface area contributed by atoms with Crippen LogP contribution in [0.15, 0.2) is 50.2 Å². The molecule has 9 nitrogen and oxygen atoms in total. The molecule has 0 bridgehead atoms. The molecule has 0 radical (unpaired) electrons. The Morgan fingerprint density at radius 1 is 1.09 bits per heavy atom. The molecular formula is C20H16F3N3O6S. The SMILES string of the molecule is CC(C)[C@@H](NS(=O)(=O)c1ccc2c(c1)oc1ccc(-c3noc(C(F)(F)F)n3)cc12)C(=O)O. The first-order valence-corrected chi connectivity index (χ1v) is 11.0. The predicted molar refractivity (Wildman–Crippen MR) is 109 cm³/mol. The molecule has 0 fully saturated rings. The van der Waals surface area contributed by atoms with E-state index in [0.717, 1.165) is 0 Å². The number of alkyl halides is 3. The van der Waals surface area contributed by atoms with Crippen LogP contribution in [0.25, 0.3) is 33.3 Å². The molecule has 2 N–H and O–H groups in total. The van der Waals surface area contributed by atoms with Crippen LogP contribution in [0, 0.1) is 5.92 Å². The first-order chi connectivity index (χ1) is 15.4. The molecule has 0 spiro atoms. The molecule has 0 aliphatic rings. The molecule has 4 rings (SSSR count). The van der Waals surface area contributed by atoms with E-state index in [1.54, 1.807) is 13.8 Å². The fourth-order valence-electron chi connectivity index (χ4n) is 3.23. The van der Waals surface area contributed by atoms with Gasteiger partial charge in [-0.2, -0.15) is 22.9 Å². The number of carboxylic acid groups (broad SMARTS) is 1. The lowest BCUT2D eigenvalue weighted by molar-refractivity contribution is -0.159. The van der Waals surface area contributed by atoms with E-state index in [0.29, 0.717) is 16.4 Å². The molecule has 2 heterocycles. The van der Waals surface area contributed by atoms with E-state index in [1.165, 1.54) is 36.4 Å². The summed E-state index contributed by atoms with van der Waals surface area (Å²) in [7, 11) is -4.17. The van der Waals surface area contributed by atoms with Crippen molar-refractivity contribution in [2.24, 2.45) is 5.92 Å².